The van der Waals surface area contributed by atoms with Crippen LogP contribution < -0.4 is 10.2 Å². The van der Waals surface area contributed by atoms with E-state index in [4.69, 9.17) is 0 Å². The molecule has 0 aliphatic heterocycles. The fraction of sp³-hybridized carbons (Fsp3) is 0.438. The summed E-state index contributed by atoms with van der Waals surface area (Å²) >= 11 is 1.65. The smallest absolute Gasteiger partial charge is 0.185 e. The van der Waals surface area contributed by atoms with E-state index in [0.29, 0.717) is 18.2 Å². The van der Waals surface area contributed by atoms with E-state index in [1.807, 2.05) is 30.3 Å². The van der Waals surface area contributed by atoms with Crippen LogP contribution in [0.4, 0.5) is 9.52 Å². The van der Waals surface area contributed by atoms with E-state index in [0.717, 1.165) is 18.1 Å². The van der Waals surface area contributed by atoms with Crippen LogP contribution in [-0.4, -0.2) is 18.6 Å². The van der Waals surface area contributed by atoms with Crippen LogP contribution in [0.25, 0.3) is 0 Å². The third-order valence-electron chi connectivity index (χ3n) is 3.33. The predicted molar refractivity (Wildman–Crippen MR) is 87.3 cm³/mol. The topological polar surface area (TPSA) is 28.2 Å². The fourth-order valence-electron chi connectivity index (χ4n) is 2.06. The fourth-order valence-corrected chi connectivity index (χ4v) is 2.97. The van der Waals surface area contributed by atoms with Crippen molar-refractivity contribution >= 4 is 16.5 Å². The van der Waals surface area contributed by atoms with Gasteiger partial charge in [0.05, 0.1) is 0 Å². The van der Waals surface area contributed by atoms with E-state index in [9.17, 15) is 4.39 Å². The maximum absolute atomic E-state index is 13.7. The normalized spacial score (nSPS) is 12.4. The molecule has 0 aliphatic rings. The zero-order valence-corrected chi connectivity index (χ0v) is 13.6. The van der Waals surface area contributed by atoms with Crippen molar-refractivity contribution in [3.05, 3.63) is 46.7 Å². The van der Waals surface area contributed by atoms with Crippen LogP contribution in [-0.2, 0) is 6.54 Å². The van der Waals surface area contributed by atoms with Crippen LogP contribution in [0.5, 0.6) is 0 Å². The zero-order valence-electron chi connectivity index (χ0n) is 12.8. The first-order valence-corrected chi connectivity index (χ1v) is 8.07. The van der Waals surface area contributed by atoms with Gasteiger partial charge in [0.2, 0.25) is 0 Å². The molecule has 2 aromatic rings. The summed E-state index contributed by atoms with van der Waals surface area (Å²) in [7, 11) is 1.94. The summed E-state index contributed by atoms with van der Waals surface area (Å²) in [6.45, 7) is 5.82. The van der Waals surface area contributed by atoms with Crippen LogP contribution in [0.3, 0.4) is 0 Å². The largest absolute Gasteiger partial charge is 0.347 e. The van der Waals surface area contributed by atoms with Gasteiger partial charge in [-0.2, -0.15) is 0 Å². The minimum Gasteiger partial charge on any atom is -0.347 e. The van der Waals surface area contributed by atoms with Gasteiger partial charge in [-0.25, -0.2) is 9.37 Å². The molecule has 0 saturated carbocycles. The molecular formula is C16H22FN3S. The number of nitrogens with zero attached hydrogens (tertiary/aromatic N) is 2. The number of rotatable bonds is 7. The highest BCUT2D eigenvalue weighted by molar-refractivity contribution is 7.15. The van der Waals surface area contributed by atoms with Crippen LogP contribution in [0.2, 0.25) is 0 Å². The van der Waals surface area contributed by atoms with Gasteiger partial charge in [-0.1, -0.05) is 25.1 Å². The average molecular weight is 307 g/mol. The molecule has 1 atom stereocenters. The van der Waals surface area contributed by atoms with Gasteiger partial charge in [0.25, 0.3) is 0 Å². The lowest BCUT2D eigenvalue weighted by atomic mass is 10.2. The number of halogens is 1. The molecule has 0 spiro atoms. The summed E-state index contributed by atoms with van der Waals surface area (Å²) in [5.41, 5.74) is 0.689. The first-order chi connectivity index (χ1) is 10.1. The van der Waals surface area contributed by atoms with E-state index < -0.39 is 0 Å². The highest BCUT2D eigenvalue weighted by Gasteiger charge is 2.13. The minimum absolute atomic E-state index is 0.167. The molecule has 2 rings (SSSR count). The number of hydrogen-bond donors (Lipinski definition) is 1. The summed E-state index contributed by atoms with van der Waals surface area (Å²) in [5, 5.41) is 4.37. The molecule has 5 heteroatoms. The lowest BCUT2D eigenvalue weighted by molar-refractivity contribution is 0.577. The Balaban J connectivity index is 2.02. The Morgan fingerprint density at radius 1 is 1.38 bits per heavy atom. The van der Waals surface area contributed by atoms with Crippen molar-refractivity contribution in [3.8, 4) is 0 Å². The van der Waals surface area contributed by atoms with Gasteiger partial charge in [0.15, 0.2) is 5.13 Å². The van der Waals surface area contributed by atoms with Gasteiger partial charge in [-0.3, -0.25) is 0 Å². The quantitative estimate of drug-likeness (QED) is 0.838. The third kappa shape index (κ3) is 4.25. The van der Waals surface area contributed by atoms with Gasteiger partial charge in [-0.05, 0) is 26.0 Å². The van der Waals surface area contributed by atoms with Crippen LogP contribution in [0.15, 0.2) is 30.5 Å². The third-order valence-corrected chi connectivity index (χ3v) is 4.62. The Labute approximate surface area is 129 Å². The minimum atomic E-state index is -0.167. The summed E-state index contributed by atoms with van der Waals surface area (Å²) in [6.07, 6.45) is 3.02. The van der Waals surface area contributed by atoms with Gasteiger partial charge < -0.3 is 10.2 Å². The van der Waals surface area contributed by atoms with E-state index in [-0.39, 0.29) is 5.82 Å². The second-order valence-corrected chi connectivity index (χ2v) is 6.21. The number of nitrogens with one attached hydrogen (secondary N) is 1. The molecule has 21 heavy (non-hydrogen) atoms. The molecule has 1 unspecified atom stereocenters. The molecule has 0 radical (unpaired) electrons. The lowest BCUT2D eigenvalue weighted by Crippen LogP contribution is -2.18. The molecule has 3 nitrogen and oxygen atoms in total. The molecule has 1 aromatic carbocycles. The maximum Gasteiger partial charge on any atom is 0.185 e. The van der Waals surface area contributed by atoms with Crippen molar-refractivity contribution < 1.29 is 4.39 Å². The first-order valence-electron chi connectivity index (χ1n) is 7.25. The standard InChI is InChI=1S/C16H22FN3S/c1-4-9-18-12(2)15-10-19-16(21-15)20(3)11-13-7-5-6-8-14(13)17/h5-8,10,12,18H,4,9,11H2,1-3H3. The SMILES string of the molecule is CCCNC(C)c1cnc(N(C)Cc2ccccc2F)s1. The van der Waals surface area contributed by atoms with Crippen LogP contribution in [0.1, 0.15) is 36.8 Å². The first kappa shape index (κ1) is 15.9. The number of anilines is 1. The van der Waals surface area contributed by atoms with E-state index in [1.54, 1.807) is 17.4 Å². The molecule has 0 fully saturated rings. The highest BCUT2D eigenvalue weighted by Crippen LogP contribution is 2.27. The van der Waals surface area contributed by atoms with Crippen molar-refractivity contribution in [2.45, 2.75) is 32.9 Å². The van der Waals surface area contributed by atoms with Crippen LogP contribution in [0, 0.1) is 5.82 Å². The summed E-state index contributed by atoms with van der Waals surface area (Å²) < 4.78 is 13.7. The van der Waals surface area contributed by atoms with Crippen LogP contribution >= 0.6 is 11.3 Å². The molecule has 114 valence electrons. The Kier molecular flexibility index (Phi) is 5.70. The maximum atomic E-state index is 13.7. The van der Waals surface area contributed by atoms with Crippen molar-refractivity contribution in [1.29, 1.82) is 0 Å². The van der Waals surface area contributed by atoms with Crippen molar-refractivity contribution in [1.82, 2.24) is 10.3 Å². The highest BCUT2D eigenvalue weighted by atomic mass is 32.1. The predicted octanol–water partition coefficient (Wildman–Crippen LogP) is 3.98. The molecule has 1 heterocycles. The molecule has 0 amide bonds. The Bertz CT molecular complexity index is 570. The molecular weight excluding hydrogens is 285 g/mol. The number of hydrogen-bond acceptors (Lipinski definition) is 4. The van der Waals surface area contributed by atoms with E-state index in [2.05, 4.69) is 24.1 Å². The van der Waals surface area contributed by atoms with Gasteiger partial charge in [-0.15, -0.1) is 11.3 Å². The Morgan fingerprint density at radius 2 is 2.14 bits per heavy atom. The average Bonchev–Trinajstić information content (AvgIpc) is 2.97. The molecule has 0 bridgehead atoms. The second-order valence-electron chi connectivity index (χ2n) is 5.17. The van der Waals surface area contributed by atoms with E-state index in [1.165, 1.54) is 10.9 Å². The van der Waals surface area contributed by atoms with Gasteiger partial charge in [0, 0.05) is 36.3 Å². The van der Waals surface area contributed by atoms with Gasteiger partial charge >= 0.3 is 0 Å². The second kappa shape index (κ2) is 7.52. The Morgan fingerprint density at radius 3 is 2.86 bits per heavy atom. The molecule has 1 N–H and O–H groups in total. The monoisotopic (exact) mass is 307 g/mol. The summed E-state index contributed by atoms with van der Waals surface area (Å²) in [5.74, 6) is -0.167. The summed E-state index contributed by atoms with van der Waals surface area (Å²) in [6, 6.07) is 7.18. The summed E-state index contributed by atoms with van der Waals surface area (Å²) in [4.78, 5) is 7.65. The molecule has 0 aliphatic carbocycles. The number of benzene rings is 1. The van der Waals surface area contributed by atoms with Gasteiger partial charge in [0.1, 0.15) is 5.82 Å². The zero-order chi connectivity index (χ0) is 15.2. The lowest BCUT2D eigenvalue weighted by Gasteiger charge is -2.16. The van der Waals surface area contributed by atoms with Crippen molar-refractivity contribution in [2.24, 2.45) is 0 Å². The molecule has 0 saturated heterocycles. The van der Waals surface area contributed by atoms with Crippen molar-refractivity contribution in [2.75, 3.05) is 18.5 Å². The van der Waals surface area contributed by atoms with Crippen molar-refractivity contribution in [3.63, 3.8) is 0 Å². The molecule has 1 aromatic heterocycles. The number of thiazole rings is 1. The Hall–Kier alpha value is -1.46. The van der Waals surface area contributed by atoms with E-state index >= 15 is 0 Å². The number of aromatic nitrogens is 1.